The molecule has 0 fully saturated rings. The van der Waals surface area contributed by atoms with Gasteiger partial charge in [-0.2, -0.15) is 0 Å². The SMILES string of the molecule is CCCOc1cc(C(=O)O)cc(S(=O)(=O)Cl)c1Cc1ccccc1. The summed E-state index contributed by atoms with van der Waals surface area (Å²) >= 11 is 0. The van der Waals surface area contributed by atoms with Crippen molar-refractivity contribution in [2.24, 2.45) is 0 Å². The average molecular weight is 369 g/mol. The van der Waals surface area contributed by atoms with E-state index in [4.69, 9.17) is 15.4 Å². The first kappa shape index (κ1) is 18.3. The second-order valence-corrected chi connectivity index (χ2v) is 7.74. The summed E-state index contributed by atoms with van der Waals surface area (Å²) in [5.74, 6) is -1.02. The van der Waals surface area contributed by atoms with Crippen LogP contribution in [0.15, 0.2) is 47.4 Å². The molecule has 0 bridgehead atoms. The van der Waals surface area contributed by atoms with E-state index in [0.29, 0.717) is 18.6 Å². The molecule has 24 heavy (non-hydrogen) atoms. The number of hydrogen-bond acceptors (Lipinski definition) is 4. The molecule has 0 atom stereocenters. The van der Waals surface area contributed by atoms with Crippen molar-refractivity contribution in [3.63, 3.8) is 0 Å². The maximum absolute atomic E-state index is 12.0. The van der Waals surface area contributed by atoms with E-state index in [1.165, 1.54) is 6.07 Å². The van der Waals surface area contributed by atoms with Gasteiger partial charge in [0.05, 0.1) is 17.1 Å². The van der Waals surface area contributed by atoms with Gasteiger partial charge < -0.3 is 9.84 Å². The summed E-state index contributed by atoms with van der Waals surface area (Å²) in [5.41, 5.74) is 1.04. The van der Waals surface area contributed by atoms with Crippen LogP contribution in [-0.4, -0.2) is 26.1 Å². The molecule has 128 valence electrons. The molecule has 0 amide bonds. The normalized spacial score (nSPS) is 11.2. The van der Waals surface area contributed by atoms with Gasteiger partial charge in [0.25, 0.3) is 9.05 Å². The van der Waals surface area contributed by atoms with Crippen molar-refractivity contribution in [2.75, 3.05) is 6.61 Å². The Balaban J connectivity index is 2.64. The van der Waals surface area contributed by atoms with Gasteiger partial charge >= 0.3 is 5.97 Å². The smallest absolute Gasteiger partial charge is 0.335 e. The molecule has 5 nitrogen and oxygen atoms in total. The molecule has 1 N–H and O–H groups in total. The fourth-order valence-corrected chi connectivity index (χ4v) is 3.42. The molecule has 0 aliphatic heterocycles. The first-order chi connectivity index (χ1) is 11.3. The van der Waals surface area contributed by atoms with Crippen LogP contribution in [0.5, 0.6) is 5.75 Å². The second kappa shape index (κ2) is 7.68. The van der Waals surface area contributed by atoms with Crippen LogP contribution in [0.4, 0.5) is 0 Å². The van der Waals surface area contributed by atoms with Crippen molar-refractivity contribution in [1.82, 2.24) is 0 Å². The number of aromatic carboxylic acids is 1. The van der Waals surface area contributed by atoms with E-state index in [2.05, 4.69) is 0 Å². The summed E-state index contributed by atoms with van der Waals surface area (Å²) in [4.78, 5) is 11.0. The summed E-state index contributed by atoms with van der Waals surface area (Å²) in [5, 5.41) is 9.21. The Morgan fingerprint density at radius 2 is 1.88 bits per heavy atom. The van der Waals surface area contributed by atoms with Gasteiger partial charge in [0.2, 0.25) is 0 Å². The Hall–Kier alpha value is -2.05. The third-order valence-corrected chi connectivity index (χ3v) is 4.75. The van der Waals surface area contributed by atoms with Crippen LogP contribution in [0, 0.1) is 0 Å². The summed E-state index contributed by atoms with van der Waals surface area (Å²) in [6, 6.07) is 11.6. The molecular weight excluding hydrogens is 352 g/mol. The molecule has 7 heteroatoms. The molecule has 0 aliphatic carbocycles. The minimum Gasteiger partial charge on any atom is -0.493 e. The zero-order chi connectivity index (χ0) is 17.7. The summed E-state index contributed by atoms with van der Waals surface area (Å²) in [6.45, 7) is 2.24. The molecule has 0 saturated carbocycles. The van der Waals surface area contributed by atoms with Crippen LogP contribution in [0.3, 0.4) is 0 Å². The fourth-order valence-electron chi connectivity index (χ4n) is 2.28. The molecule has 2 aromatic rings. The molecular formula is C17H17ClO5S. The Bertz CT molecular complexity index is 832. The highest BCUT2D eigenvalue weighted by Crippen LogP contribution is 2.32. The van der Waals surface area contributed by atoms with E-state index in [-0.39, 0.29) is 22.6 Å². The molecule has 0 unspecified atom stereocenters. The second-order valence-electron chi connectivity index (χ2n) is 5.20. The number of hydrogen-bond donors (Lipinski definition) is 1. The summed E-state index contributed by atoms with van der Waals surface area (Å²) in [7, 11) is 1.41. The van der Waals surface area contributed by atoms with Crippen molar-refractivity contribution in [3.05, 3.63) is 59.2 Å². The molecule has 2 aromatic carbocycles. The van der Waals surface area contributed by atoms with E-state index in [1.54, 1.807) is 0 Å². The molecule has 0 aliphatic rings. The molecule has 0 heterocycles. The van der Waals surface area contributed by atoms with E-state index in [0.717, 1.165) is 11.6 Å². The van der Waals surface area contributed by atoms with Gasteiger partial charge in [0.1, 0.15) is 5.75 Å². The lowest BCUT2D eigenvalue weighted by atomic mass is 10.0. The highest BCUT2D eigenvalue weighted by molar-refractivity contribution is 8.13. The van der Waals surface area contributed by atoms with Crippen LogP contribution >= 0.6 is 10.7 Å². The monoisotopic (exact) mass is 368 g/mol. The minimum atomic E-state index is -4.13. The van der Waals surface area contributed by atoms with Crippen LogP contribution < -0.4 is 4.74 Å². The van der Waals surface area contributed by atoms with Crippen molar-refractivity contribution < 1.29 is 23.1 Å². The van der Waals surface area contributed by atoms with Gasteiger partial charge in [-0.15, -0.1) is 0 Å². The largest absolute Gasteiger partial charge is 0.493 e. The number of halogens is 1. The number of ether oxygens (including phenoxy) is 1. The number of rotatable bonds is 7. The lowest BCUT2D eigenvalue weighted by molar-refractivity contribution is 0.0696. The van der Waals surface area contributed by atoms with Crippen molar-refractivity contribution in [1.29, 1.82) is 0 Å². The van der Waals surface area contributed by atoms with Gasteiger partial charge in [-0.1, -0.05) is 37.3 Å². The van der Waals surface area contributed by atoms with Gasteiger partial charge in [-0.05, 0) is 24.1 Å². The number of carboxylic acid groups (broad SMARTS) is 1. The fraction of sp³-hybridized carbons (Fsp3) is 0.235. The zero-order valence-electron chi connectivity index (χ0n) is 13.0. The third kappa shape index (κ3) is 4.49. The Kier molecular flexibility index (Phi) is 5.85. The Morgan fingerprint density at radius 3 is 2.42 bits per heavy atom. The van der Waals surface area contributed by atoms with Crippen molar-refractivity contribution in [3.8, 4) is 5.75 Å². The van der Waals surface area contributed by atoms with Gasteiger partial charge in [0, 0.05) is 22.7 Å². The molecule has 0 aromatic heterocycles. The first-order valence-corrected chi connectivity index (χ1v) is 9.65. The van der Waals surface area contributed by atoms with E-state index in [1.807, 2.05) is 37.3 Å². The number of benzene rings is 2. The standard InChI is InChI=1S/C17H17ClO5S/c1-2-8-23-15-10-13(17(19)20)11-16(24(18,21)22)14(15)9-12-6-4-3-5-7-12/h3-7,10-11H,2,8-9H2,1H3,(H,19,20). The molecule has 0 saturated heterocycles. The zero-order valence-corrected chi connectivity index (χ0v) is 14.6. The maximum Gasteiger partial charge on any atom is 0.335 e. The molecule has 0 radical (unpaired) electrons. The quantitative estimate of drug-likeness (QED) is 0.754. The average Bonchev–Trinajstić information content (AvgIpc) is 2.53. The topological polar surface area (TPSA) is 80.7 Å². The van der Waals surface area contributed by atoms with Crippen LogP contribution in [0.25, 0.3) is 0 Å². The maximum atomic E-state index is 12.0. The lowest BCUT2D eigenvalue weighted by Gasteiger charge is -2.15. The lowest BCUT2D eigenvalue weighted by Crippen LogP contribution is -2.08. The molecule has 2 rings (SSSR count). The van der Waals surface area contributed by atoms with E-state index in [9.17, 15) is 18.3 Å². The van der Waals surface area contributed by atoms with E-state index >= 15 is 0 Å². The number of carboxylic acids is 1. The van der Waals surface area contributed by atoms with Gasteiger partial charge in [-0.25, -0.2) is 13.2 Å². The first-order valence-electron chi connectivity index (χ1n) is 7.34. The summed E-state index contributed by atoms with van der Waals surface area (Å²) in [6.07, 6.45) is 0.964. The van der Waals surface area contributed by atoms with Crippen molar-refractivity contribution >= 4 is 25.7 Å². The predicted molar refractivity (Wildman–Crippen MR) is 91.5 cm³/mol. The Labute approximate surface area is 145 Å². The molecule has 0 spiro atoms. The minimum absolute atomic E-state index is 0.183. The summed E-state index contributed by atoms with van der Waals surface area (Å²) < 4.78 is 29.5. The Morgan fingerprint density at radius 1 is 1.21 bits per heavy atom. The van der Waals surface area contributed by atoms with Crippen LogP contribution in [0.2, 0.25) is 0 Å². The van der Waals surface area contributed by atoms with Crippen molar-refractivity contribution in [2.45, 2.75) is 24.7 Å². The highest BCUT2D eigenvalue weighted by atomic mass is 35.7. The van der Waals surface area contributed by atoms with E-state index < -0.39 is 15.0 Å². The highest BCUT2D eigenvalue weighted by Gasteiger charge is 2.23. The van der Waals surface area contributed by atoms with Gasteiger partial charge in [-0.3, -0.25) is 0 Å². The third-order valence-electron chi connectivity index (χ3n) is 3.36. The van der Waals surface area contributed by atoms with Crippen LogP contribution in [0.1, 0.15) is 34.8 Å². The number of carbonyl (C=O) groups is 1. The predicted octanol–water partition coefficient (Wildman–Crippen LogP) is 3.69. The van der Waals surface area contributed by atoms with Crippen LogP contribution in [-0.2, 0) is 15.5 Å². The van der Waals surface area contributed by atoms with Gasteiger partial charge in [0.15, 0.2) is 0 Å².